The number of amides is 1. The van der Waals surface area contributed by atoms with Crippen LogP contribution in [-0.2, 0) is 4.79 Å². The van der Waals surface area contributed by atoms with Gasteiger partial charge in [-0.25, -0.2) is 27.5 Å². The quantitative estimate of drug-likeness (QED) is 0.332. The third-order valence-electron chi connectivity index (χ3n) is 7.08. The lowest BCUT2D eigenvalue weighted by Crippen LogP contribution is -2.24. The highest BCUT2D eigenvalue weighted by atomic mass is 35.5. The van der Waals surface area contributed by atoms with Crippen LogP contribution in [0.2, 0.25) is 5.02 Å². The monoisotopic (exact) mass is 539 g/mol. The van der Waals surface area contributed by atoms with Gasteiger partial charge in [0.2, 0.25) is 23.7 Å². The lowest BCUT2D eigenvalue weighted by molar-refractivity contribution is -0.119. The van der Waals surface area contributed by atoms with Gasteiger partial charge in [-0.15, -0.1) is 0 Å². The summed E-state index contributed by atoms with van der Waals surface area (Å²) in [6, 6.07) is 1.37. The Labute approximate surface area is 215 Å². The summed E-state index contributed by atoms with van der Waals surface area (Å²) in [5.74, 6) is -4.36. The topological polar surface area (TPSA) is 111 Å². The van der Waals surface area contributed by atoms with E-state index in [0.29, 0.717) is 36.8 Å². The molecule has 2 aliphatic rings. The van der Waals surface area contributed by atoms with Crippen molar-refractivity contribution < 1.29 is 22.4 Å². The van der Waals surface area contributed by atoms with E-state index in [9.17, 15) is 22.4 Å². The zero-order chi connectivity index (χ0) is 26.3. The zero-order valence-corrected chi connectivity index (χ0v) is 20.5. The molecule has 0 aliphatic heterocycles. The van der Waals surface area contributed by atoms with E-state index in [4.69, 9.17) is 17.3 Å². The normalized spacial score (nSPS) is 23.3. The number of nitrogens with zero attached hydrogens (tertiary/aromatic N) is 4. The predicted octanol–water partition coefficient (Wildman–Crippen LogP) is 5.71. The van der Waals surface area contributed by atoms with Gasteiger partial charge in [-0.1, -0.05) is 11.6 Å². The third-order valence-corrected chi connectivity index (χ3v) is 7.30. The van der Waals surface area contributed by atoms with Crippen LogP contribution < -0.4 is 16.4 Å². The number of carbonyl (C=O) groups excluding carboxylic acids is 1. The number of carbonyl (C=O) groups is 1. The fraction of sp³-hybridized carbons (Fsp3) is 0.500. The summed E-state index contributed by atoms with van der Waals surface area (Å²) < 4.78 is 58.3. The Hall–Kier alpha value is -3.15. The average molecular weight is 540 g/mol. The van der Waals surface area contributed by atoms with Crippen LogP contribution in [0, 0.1) is 17.6 Å². The number of halogens is 5. The van der Waals surface area contributed by atoms with Crippen LogP contribution in [0.25, 0.3) is 11.2 Å². The lowest BCUT2D eigenvalue weighted by atomic mass is 9.84. The molecule has 0 bridgehead atoms. The van der Waals surface area contributed by atoms with Gasteiger partial charge >= 0.3 is 0 Å². The number of nitrogens with one attached hydrogen (secondary N) is 2. The van der Waals surface area contributed by atoms with Crippen molar-refractivity contribution in [1.29, 1.82) is 0 Å². The molecule has 1 atom stereocenters. The molecule has 2 aromatic heterocycles. The molecule has 3 aromatic rings. The number of anilines is 3. The molecule has 5 rings (SSSR count). The number of fused-ring (bicyclic) bond motifs is 1. The van der Waals surface area contributed by atoms with Crippen molar-refractivity contribution in [3.05, 3.63) is 35.0 Å². The maximum Gasteiger partial charge on any atom is 0.250 e. The largest absolute Gasteiger partial charge is 0.370 e. The number of nitrogens with two attached hydrogens (primary N) is 1. The van der Waals surface area contributed by atoms with Crippen LogP contribution in [-0.4, -0.2) is 37.4 Å². The number of primary amides is 1. The van der Waals surface area contributed by atoms with Gasteiger partial charge in [0.05, 0.1) is 6.20 Å². The van der Waals surface area contributed by atoms with Gasteiger partial charge in [-0.3, -0.25) is 9.36 Å². The number of imidazole rings is 1. The third kappa shape index (κ3) is 5.58. The highest BCUT2D eigenvalue weighted by Crippen LogP contribution is 2.39. The molecule has 8 nitrogen and oxygen atoms in total. The first-order chi connectivity index (χ1) is 17.6. The minimum atomic E-state index is -2.73. The van der Waals surface area contributed by atoms with E-state index in [1.165, 1.54) is 6.20 Å². The zero-order valence-electron chi connectivity index (χ0n) is 19.8. The fourth-order valence-corrected chi connectivity index (χ4v) is 5.51. The SMILES string of the molecule is NC(=O)C[C@H]1CC[C@@H](n2c(Nc3c(F)cc(Cl)cc3F)nc3cnc(N[C@H]4CCC(F)(F)C4)nc32)CC1. The van der Waals surface area contributed by atoms with Crippen LogP contribution >= 0.6 is 11.6 Å². The number of aromatic nitrogens is 4. The highest BCUT2D eigenvalue weighted by Gasteiger charge is 2.39. The summed E-state index contributed by atoms with van der Waals surface area (Å²) in [5.41, 5.74) is 5.72. The Morgan fingerprint density at radius 3 is 2.46 bits per heavy atom. The summed E-state index contributed by atoms with van der Waals surface area (Å²) in [4.78, 5) is 24.6. The van der Waals surface area contributed by atoms with Gasteiger partial charge in [0.1, 0.15) is 11.2 Å². The van der Waals surface area contributed by atoms with E-state index in [1.807, 2.05) is 0 Å². The first kappa shape index (κ1) is 25.5. The molecule has 0 radical (unpaired) electrons. The van der Waals surface area contributed by atoms with Crippen molar-refractivity contribution in [3.63, 3.8) is 0 Å². The van der Waals surface area contributed by atoms with E-state index in [2.05, 4.69) is 25.6 Å². The number of alkyl halides is 2. The summed E-state index contributed by atoms with van der Waals surface area (Å²) in [6.07, 6.45) is 4.30. The maximum atomic E-state index is 14.6. The van der Waals surface area contributed by atoms with Crippen LogP contribution in [0.5, 0.6) is 0 Å². The van der Waals surface area contributed by atoms with Crippen molar-refractivity contribution in [2.75, 3.05) is 10.6 Å². The summed E-state index contributed by atoms with van der Waals surface area (Å²) in [7, 11) is 0. The molecule has 4 N–H and O–H groups in total. The van der Waals surface area contributed by atoms with E-state index >= 15 is 0 Å². The molecule has 37 heavy (non-hydrogen) atoms. The van der Waals surface area contributed by atoms with Gasteiger partial charge in [0.15, 0.2) is 17.3 Å². The molecule has 1 amide bonds. The molecular formula is C24H26ClF4N7O. The van der Waals surface area contributed by atoms with Crippen LogP contribution in [0.1, 0.15) is 57.4 Å². The second-order valence-corrected chi connectivity index (χ2v) is 10.3. The first-order valence-corrected chi connectivity index (χ1v) is 12.5. The molecule has 1 aromatic carbocycles. The van der Waals surface area contributed by atoms with Gasteiger partial charge < -0.3 is 16.4 Å². The minimum Gasteiger partial charge on any atom is -0.370 e. The second kappa shape index (κ2) is 9.96. The van der Waals surface area contributed by atoms with Crippen molar-refractivity contribution in [2.24, 2.45) is 11.7 Å². The predicted molar refractivity (Wildman–Crippen MR) is 131 cm³/mol. The number of rotatable bonds is 7. The molecule has 2 fully saturated rings. The molecule has 0 spiro atoms. The number of hydrogen-bond acceptors (Lipinski definition) is 6. The Morgan fingerprint density at radius 1 is 1.14 bits per heavy atom. The standard InChI is InChI=1S/C24H26ClF4N7O/c25-13-8-16(26)20(17(27)9-13)34-23-33-18-11-31-22(32-14-5-6-24(28,29)10-14)35-21(18)36(23)15-3-1-12(2-4-15)7-19(30)37/h8-9,11-12,14-15H,1-7,10H2,(H2,30,37)(H,33,34)(H,31,32,35)/t12-,14-,15+/m0/s1. The van der Waals surface area contributed by atoms with Crippen molar-refractivity contribution >= 4 is 46.3 Å². The van der Waals surface area contributed by atoms with Crippen LogP contribution in [0.15, 0.2) is 18.3 Å². The van der Waals surface area contributed by atoms with Crippen LogP contribution in [0.4, 0.5) is 35.1 Å². The fourth-order valence-electron chi connectivity index (χ4n) is 5.32. The van der Waals surface area contributed by atoms with Crippen molar-refractivity contribution in [1.82, 2.24) is 19.5 Å². The van der Waals surface area contributed by atoms with E-state index < -0.39 is 29.3 Å². The average Bonchev–Trinajstić information content (AvgIpc) is 3.34. The van der Waals surface area contributed by atoms with Gasteiger partial charge in [0, 0.05) is 36.4 Å². The molecule has 0 unspecified atom stereocenters. The number of benzene rings is 1. The molecule has 198 valence electrons. The first-order valence-electron chi connectivity index (χ1n) is 12.2. The van der Waals surface area contributed by atoms with Gasteiger partial charge in [0.25, 0.3) is 0 Å². The van der Waals surface area contributed by atoms with Crippen LogP contribution in [0.3, 0.4) is 0 Å². The number of hydrogen-bond donors (Lipinski definition) is 3. The smallest absolute Gasteiger partial charge is 0.250 e. The Bertz CT molecular complexity index is 1300. The summed E-state index contributed by atoms with van der Waals surface area (Å²) >= 11 is 5.76. The molecular weight excluding hydrogens is 514 g/mol. The molecule has 2 saturated carbocycles. The lowest BCUT2D eigenvalue weighted by Gasteiger charge is -2.30. The second-order valence-electron chi connectivity index (χ2n) is 9.86. The van der Waals surface area contributed by atoms with E-state index in [0.717, 1.165) is 25.0 Å². The minimum absolute atomic E-state index is 0.0825. The molecule has 2 heterocycles. The maximum absolute atomic E-state index is 14.6. The van der Waals surface area contributed by atoms with E-state index in [-0.39, 0.29) is 47.6 Å². The van der Waals surface area contributed by atoms with E-state index in [1.54, 1.807) is 4.57 Å². The Morgan fingerprint density at radius 2 is 1.84 bits per heavy atom. The van der Waals surface area contributed by atoms with Crippen molar-refractivity contribution in [3.8, 4) is 0 Å². The van der Waals surface area contributed by atoms with Gasteiger partial charge in [-0.2, -0.15) is 4.98 Å². The summed E-state index contributed by atoms with van der Waals surface area (Å²) in [6.45, 7) is 0. The Kier molecular flexibility index (Phi) is 6.86. The van der Waals surface area contributed by atoms with Gasteiger partial charge in [-0.05, 0) is 50.2 Å². The highest BCUT2D eigenvalue weighted by molar-refractivity contribution is 6.30. The summed E-state index contributed by atoms with van der Waals surface area (Å²) in [5, 5.41) is 5.65. The molecule has 0 saturated heterocycles. The Balaban J connectivity index is 1.49. The van der Waals surface area contributed by atoms with Crippen molar-refractivity contribution in [2.45, 2.75) is 69.4 Å². The molecule has 2 aliphatic carbocycles. The molecule has 13 heteroatoms.